The number of nitro groups is 1. The molecule has 1 aromatic heterocycles. The zero-order valence-corrected chi connectivity index (χ0v) is 10.5. The summed E-state index contributed by atoms with van der Waals surface area (Å²) in [4.78, 5) is 17.2. The maximum Gasteiger partial charge on any atom is 0.271 e. The van der Waals surface area contributed by atoms with E-state index in [1.54, 1.807) is 6.20 Å². The maximum absolute atomic E-state index is 10.3. The van der Waals surface area contributed by atoms with Gasteiger partial charge in [0.05, 0.1) is 6.54 Å². The number of halogens is 1. The smallest absolute Gasteiger partial charge is 0.271 e. The molecule has 2 heterocycles. The van der Waals surface area contributed by atoms with E-state index in [2.05, 4.69) is 31.3 Å². The van der Waals surface area contributed by atoms with Gasteiger partial charge in [-0.1, -0.05) is 0 Å². The molecule has 9 heteroatoms. The fourth-order valence-corrected chi connectivity index (χ4v) is 2.77. The Morgan fingerprint density at radius 2 is 2.62 bits per heavy atom. The average Bonchev–Trinajstić information content (AvgIpc) is 2.77. The Bertz CT molecular complexity index is 434. The predicted octanol–water partition coefficient (Wildman–Crippen LogP) is 0.858. The first-order valence-electron chi connectivity index (χ1n) is 4.47. The molecule has 0 aliphatic carbocycles. The van der Waals surface area contributed by atoms with Gasteiger partial charge in [-0.15, -0.1) is 11.3 Å². The summed E-state index contributed by atoms with van der Waals surface area (Å²) < 4.78 is 0.808. The largest absolute Gasteiger partial charge is 0.349 e. The summed E-state index contributed by atoms with van der Waals surface area (Å²) in [6.45, 7) is 1.97. The van der Waals surface area contributed by atoms with Gasteiger partial charge >= 0.3 is 0 Å². The number of nitrogens with one attached hydrogen (secondary N) is 1. The van der Waals surface area contributed by atoms with Crippen LogP contribution in [0.5, 0.6) is 0 Å². The number of hydrazone groups is 1. The van der Waals surface area contributed by atoms with Crippen molar-refractivity contribution in [3.63, 3.8) is 0 Å². The fourth-order valence-electron chi connectivity index (χ4n) is 1.40. The summed E-state index contributed by atoms with van der Waals surface area (Å²) in [5.41, 5.74) is 0. The zero-order valence-electron chi connectivity index (χ0n) is 8.09. The predicted molar refractivity (Wildman–Crippen MR) is 62.7 cm³/mol. The minimum Gasteiger partial charge on any atom is -0.349 e. The van der Waals surface area contributed by atoms with Gasteiger partial charge in [-0.05, 0) is 15.9 Å². The normalized spacial score (nSPS) is 17.8. The highest BCUT2D eigenvalue weighted by atomic mass is 79.9. The summed E-state index contributed by atoms with van der Waals surface area (Å²) in [5.74, 6) is 0.314. The Hall–Kier alpha value is -1.22. The molecule has 1 saturated heterocycles. The third-order valence-corrected chi connectivity index (χ3v) is 3.47. The van der Waals surface area contributed by atoms with Crippen LogP contribution in [0.3, 0.4) is 0 Å². The Morgan fingerprint density at radius 3 is 3.25 bits per heavy atom. The summed E-state index contributed by atoms with van der Waals surface area (Å²) in [6.07, 6.45) is 1.75. The maximum atomic E-state index is 10.3. The van der Waals surface area contributed by atoms with E-state index in [9.17, 15) is 10.1 Å². The topological polar surface area (TPSA) is 83.7 Å². The monoisotopic (exact) mass is 305 g/mol. The van der Waals surface area contributed by atoms with Crippen LogP contribution < -0.4 is 5.32 Å². The second kappa shape index (κ2) is 4.74. The lowest BCUT2D eigenvalue weighted by atomic mass is 10.5. The third-order valence-electron chi connectivity index (χ3n) is 2.01. The van der Waals surface area contributed by atoms with Crippen molar-refractivity contribution < 1.29 is 5.03 Å². The van der Waals surface area contributed by atoms with Gasteiger partial charge in [-0.3, -0.25) is 0 Å². The van der Waals surface area contributed by atoms with Crippen molar-refractivity contribution in [3.05, 3.63) is 25.1 Å². The zero-order chi connectivity index (χ0) is 11.5. The second-order valence-corrected chi connectivity index (χ2v) is 5.48. The minimum absolute atomic E-state index is 0.314. The molecule has 1 aliphatic rings. The lowest BCUT2D eigenvalue weighted by Gasteiger charge is -2.13. The van der Waals surface area contributed by atoms with Gasteiger partial charge in [0, 0.05) is 24.2 Å². The lowest BCUT2D eigenvalue weighted by Crippen LogP contribution is -2.30. The van der Waals surface area contributed by atoms with Crippen molar-refractivity contribution in [2.45, 2.75) is 6.54 Å². The van der Waals surface area contributed by atoms with Crippen molar-refractivity contribution in [3.8, 4) is 0 Å². The number of hydrogen-bond acceptors (Lipinski definition) is 4. The molecule has 0 aromatic carbocycles. The van der Waals surface area contributed by atoms with E-state index >= 15 is 0 Å². The van der Waals surface area contributed by atoms with Crippen LogP contribution in [-0.2, 0) is 6.54 Å². The van der Waals surface area contributed by atoms with E-state index in [-0.39, 0.29) is 0 Å². The van der Waals surface area contributed by atoms with Crippen LogP contribution in [0.2, 0.25) is 0 Å². The number of nitrogens with zero attached hydrogens (tertiary/aromatic N) is 4. The molecule has 7 nitrogen and oxygen atoms in total. The molecule has 2 rings (SSSR count). The number of rotatable bonds is 3. The summed E-state index contributed by atoms with van der Waals surface area (Å²) in [7, 11) is 0. The van der Waals surface area contributed by atoms with Gasteiger partial charge in [0.15, 0.2) is 8.95 Å². The standard InChI is InChI=1S/C7H8BrN5O2S/c8-6-10-3-5(16-6)4-12-2-1-9-7(12)11-13(14)15/h3H,1-2,4H2,(H,9,11). The Balaban J connectivity index is 2.06. The van der Waals surface area contributed by atoms with Crippen molar-refractivity contribution >= 4 is 33.2 Å². The highest BCUT2D eigenvalue weighted by Crippen LogP contribution is 2.20. The van der Waals surface area contributed by atoms with Crippen LogP contribution in [0.1, 0.15) is 4.88 Å². The second-order valence-electron chi connectivity index (χ2n) is 3.09. The fraction of sp³-hybridized carbons (Fsp3) is 0.429. The molecule has 86 valence electrons. The molecular weight excluding hydrogens is 298 g/mol. The van der Waals surface area contributed by atoms with E-state index in [1.807, 2.05) is 4.90 Å². The van der Waals surface area contributed by atoms with Crippen LogP contribution in [0.4, 0.5) is 0 Å². The van der Waals surface area contributed by atoms with E-state index in [4.69, 9.17) is 0 Å². The van der Waals surface area contributed by atoms with Gasteiger partial charge in [-0.25, -0.2) is 15.1 Å². The van der Waals surface area contributed by atoms with Crippen molar-refractivity contribution in [1.82, 2.24) is 15.2 Å². The van der Waals surface area contributed by atoms with Gasteiger partial charge in [-0.2, -0.15) is 0 Å². The molecular formula is C7H8BrN5O2S. The molecule has 0 atom stereocenters. The van der Waals surface area contributed by atoms with Gasteiger partial charge < -0.3 is 10.2 Å². The molecule has 0 spiro atoms. The SMILES string of the molecule is O=[N+]([O-])N=C1NCCN1Cc1cnc(Br)s1. The molecule has 16 heavy (non-hydrogen) atoms. The van der Waals surface area contributed by atoms with Crippen molar-refractivity contribution in [2.24, 2.45) is 5.10 Å². The summed E-state index contributed by atoms with van der Waals surface area (Å²) in [6, 6.07) is 0. The van der Waals surface area contributed by atoms with E-state index in [1.165, 1.54) is 11.3 Å². The van der Waals surface area contributed by atoms with E-state index < -0.39 is 5.03 Å². The molecule has 0 amide bonds. The molecule has 0 saturated carbocycles. The number of guanidine groups is 1. The Morgan fingerprint density at radius 1 is 1.81 bits per heavy atom. The van der Waals surface area contributed by atoms with Crippen LogP contribution in [0, 0.1) is 10.1 Å². The number of thiazole rings is 1. The number of hydrogen-bond donors (Lipinski definition) is 1. The van der Waals surface area contributed by atoms with Crippen LogP contribution in [0.15, 0.2) is 15.2 Å². The molecule has 0 bridgehead atoms. The van der Waals surface area contributed by atoms with Crippen molar-refractivity contribution in [2.75, 3.05) is 13.1 Å². The first-order valence-corrected chi connectivity index (χ1v) is 6.08. The Labute approximate surface area is 103 Å². The van der Waals surface area contributed by atoms with Gasteiger partial charge in [0.2, 0.25) is 0 Å². The summed E-state index contributed by atoms with van der Waals surface area (Å²) in [5, 5.41) is 15.8. The number of aromatic nitrogens is 1. The first-order chi connectivity index (χ1) is 7.65. The van der Waals surface area contributed by atoms with Crippen LogP contribution >= 0.6 is 27.3 Å². The average molecular weight is 306 g/mol. The lowest BCUT2D eigenvalue weighted by molar-refractivity contribution is -0.485. The molecule has 0 unspecified atom stereocenters. The van der Waals surface area contributed by atoms with E-state index in [0.29, 0.717) is 25.6 Å². The van der Waals surface area contributed by atoms with Crippen LogP contribution in [-0.4, -0.2) is 34.0 Å². The third kappa shape index (κ3) is 2.67. The van der Waals surface area contributed by atoms with Gasteiger partial charge in [0.1, 0.15) is 5.10 Å². The molecule has 1 aromatic rings. The molecule has 1 N–H and O–H groups in total. The van der Waals surface area contributed by atoms with Gasteiger partial charge in [0.25, 0.3) is 5.96 Å². The Kier molecular flexibility index (Phi) is 3.34. The quantitative estimate of drug-likeness (QED) is 0.661. The molecule has 1 fully saturated rings. The molecule has 1 aliphatic heterocycles. The highest BCUT2D eigenvalue weighted by molar-refractivity contribution is 9.11. The highest BCUT2D eigenvalue weighted by Gasteiger charge is 2.22. The summed E-state index contributed by atoms with van der Waals surface area (Å²) >= 11 is 4.78. The van der Waals surface area contributed by atoms with E-state index in [0.717, 1.165) is 8.79 Å². The minimum atomic E-state index is -0.691. The van der Waals surface area contributed by atoms with Crippen molar-refractivity contribution in [1.29, 1.82) is 0 Å². The van der Waals surface area contributed by atoms with Crippen LogP contribution in [0.25, 0.3) is 0 Å². The first kappa shape index (κ1) is 11.3. The molecule has 0 radical (unpaired) electrons.